The zero-order chi connectivity index (χ0) is 12.8. The third-order valence-corrected chi connectivity index (χ3v) is 3.40. The zero-order valence-electron chi connectivity index (χ0n) is 10.4. The van der Waals surface area contributed by atoms with E-state index in [1.807, 2.05) is 6.20 Å². The third kappa shape index (κ3) is 3.90. The molecule has 0 aromatic carbocycles. The summed E-state index contributed by atoms with van der Waals surface area (Å²) in [4.78, 5) is 0. The number of thiophene rings is 1. The van der Waals surface area contributed by atoms with Crippen molar-refractivity contribution in [2.24, 2.45) is 0 Å². The van der Waals surface area contributed by atoms with E-state index in [0.717, 1.165) is 12.1 Å². The summed E-state index contributed by atoms with van der Waals surface area (Å²) in [6, 6.07) is 2.56. The van der Waals surface area contributed by atoms with Gasteiger partial charge < -0.3 is 10.4 Å². The number of aliphatic hydroxyl groups is 1. The smallest absolute Gasteiger partial charge is 0.0964 e. The fourth-order valence-electron chi connectivity index (χ4n) is 1.74. The van der Waals surface area contributed by atoms with Gasteiger partial charge in [-0.2, -0.15) is 11.3 Å². The molecule has 1 atom stereocenters. The predicted octanol–water partition coefficient (Wildman–Crippen LogP) is 1.05. The third-order valence-electron chi connectivity index (χ3n) is 2.67. The average molecular weight is 266 g/mol. The van der Waals surface area contributed by atoms with Crippen LogP contribution in [-0.2, 0) is 19.5 Å². The van der Waals surface area contributed by atoms with E-state index in [4.69, 9.17) is 5.11 Å². The molecule has 98 valence electrons. The Morgan fingerprint density at radius 3 is 3.17 bits per heavy atom. The second-order valence-electron chi connectivity index (χ2n) is 4.31. The number of nitrogens with one attached hydrogen (secondary N) is 1. The number of hydrogen-bond acceptors (Lipinski definition) is 5. The predicted molar refractivity (Wildman–Crippen MR) is 71.4 cm³/mol. The molecule has 18 heavy (non-hydrogen) atoms. The standard InChI is InChI=1S/C12H18N4OS/c1-10(6-11-2-5-18-9-11)13-7-12-8-16(3-4-17)15-14-12/h2,5,8-10,13,17H,3-4,6-7H2,1H3. The van der Waals surface area contributed by atoms with E-state index in [1.54, 1.807) is 16.0 Å². The largest absolute Gasteiger partial charge is 0.394 e. The highest BCUT2D eigenvalue weighted by atomic mass is 32.1. The van der Waals surface area contributed by atoms with Crippen LogP contribution >= 0.6 is 11.3 Å². The fourth-order valence-corrected chi connectivity index (χ4v) is 2.43. The van der Waals surface area contributed by atoms with Crippen LogP contribution in [-0.4, -0.2) is 32.7 Å². The second kappa shape index (κ2) is 6.63. The molecule has 1 unspecified atom stereocenters. The minimum atomic E-state index is 0.0881. The van der Waals surface area contributed by atoms with Crippen molar-refractivity contribution in [2.75, 3.05) is 6.61 Å². The van der Waals surface area contributed by atoms with Crippen LogP contribution in [0.1, 0.15) is 18.2 Å². The molecular weight excluding hydrogens is 248 g/mol. The highest BCUT2D eigenvalue weighted by Crippen LogP contribution is 2.08. The molecule has 0 saturated heterocycles. The molecule has 2 aromatic heterocycles. The highest BCUT2D eigenvalue weighted by molar-refractivity contribution is 7.07. The Morgan fingerprint density at radius 2 is 2.44 bits per heavy atom. The van der Waals surface area contributed by atoms with Gasteiger partial charge in [-0.05, 0) is 35.7 Å². The molecule has 6 heteroatoms. The zero-order valence-corrected chi connectivity index (χ0v) is 11.2. The number of aromatic nitrogens is 3. The van der Waals surface area contributed by atoms with Gasteiger partial charge in [0.25, 0.3) is 0 Å². The molecule has 0 aliphatic rings. The Kier molecular flexibility index (Phi) is 4.86. The minimum absolute atomic E-state index is 0.0881. The van der Waals surface area contributed by atoms with Crippen LogP contribution in [0.25, 0.3) is 0 Å². The van der Waals surface area contributed by atoms with Gasteiger partial charge in [-0.25, -0.2) is 4.68 Å². The van der Waals surface area contributed by atoms with Crippen molar-refractivity contribution in [3.8, 4) is 0 Å². The van der Waals surface area contributed by atoms with Crippen molar-refractivity contribution in [1.82, 2.24) is 20.3 Å². The molecule has 0 aliphatic heterocycles. The first-order valence-electron chi connectivity index (χ1n) is 6.02. The molecule has 2 heterocycles. The van der Waals surface area contributed by atoms with E-state index in [1.165, 1.54) is 5.56 Å². The van der Waals surface area contributed by atoms with Gasteiger partial charge in [-0.3, -0.25) is 0 Å². The van der Waals surface area contributed by atoms with Crippen molar-refractivity contribution in [3.05, 3.63) is 34.3 Å². The molecule has 0 bridgehead atoms. The summed E-state index contributed by atoms with van der Waals surface area (Å²) in [7, 11) is 0. The molecule has 0 fully saturated rings. The van der Waals surface area contributed by atoms with Gasteiger partial charge >= 0.3 is 0 Å². The van der Waals surface area contributed by atoms with Crippen LogP contribution in [0.15, 0.2) is 23.0 Å². The van der Waals surface area contributed by atoms with Gasteiger partial charge in [0.05, 0.1) is 18.8 Å². The van der Waals surface area contributed by atoms with Gasteiger partial charge in [-0.15, -0.1) is 5.10 Å². The van der Waals surface area contributed by atoms with Gasteiger partial charge in [0.2, 0.25) is 0 Å². The van der Waals surface area contributed by atoms with Crippen LogP contribution in [0.5, 0.6) is 0 Å². The Hall–Kier alpha value is -1.24. The van der Waals surface area contributed by atoms with Gasteiger partial charge in [0, 0.05) is 18.8 Å². The van der Waals surface area contributed by atoms with Crippen molar-refractivity contribution in [3.63, 3.8) is 0 Å². The maximum absolute atomic E-state index is 8.79. The first-order valence-corrected chi connectivity index (χ1v) is 6.96. The van der Waals surface area contributed by atoms with Crippen LogP contribution in [0.4, 0.5) is 0 Å². The highest BCUT2D eigenvalue weighted by Gasteiger charge is 2.05. The van der Waals surface area contributed by atoms with E-state index in [-0.39, 0.29) is 6.61 Å². The molecule has 0 aliphatic carbocycles. The van der Waals surface area contributed by atoms with E-state index < -0.39 is 0 Å². The van der Waals surface area contributed by atoms with Crippen LogP contribution in [0, 0.1) is 0 Å². The first-order chi connectivity index (χ1) is 8.78. The van der Waals surface area contributed by atoms with E-state index in [0.29, 0.717) is 19.1 Å². The van der Waals surface area contributed by atoms with Gasteiger partial charge in [0.1, 0.15) is 0 Å². The Bertz CT molecular complexity index is 454. The summed E-state index contributed by atoms with van der Waals surface area (Å²) in [6.07, 6.45) is 2.88. The van der Waals surface area contributed by atoms with E-state index in [2.05, 4.69) is 39.4 Å². The summed E-state index contributed by atoms with van der Waals surface area (Å²) < 4.78 is 1.65. The quantitative estimate of drug-likeness (QED) is 0.786. The van der Waals surface area contributed by atoms with Crippen LogP contribution in [0.2, 0.25) is 0 Å². The lowest BCUT2D eigenvalue weighted by molar-refractivity contribution is 0.268. The lowest BCUT2D eigenvalue weighted by atomic mass is 10.1. The second-order valence-corrected chi connectivity index (χ2v) is 5.09. The Morgan fingerprint density at radius 1 is 1.56 bits per heavy atom. The molecule has 0 radical (unpaired) electrons. The summed E-state index contributed by atoms with van der Waals surface area (Å²) in [5, 5.41) is 24.5. The topological polar surface area (TPSA) is 63.0 Å². The monoisotopic (exact) mass is 266 g/mol. The number of hydrogen-bond donors (Lipinski definition) is 2. The lowest BCUT2D eigenvalue weighted by Crippen LogP contribution is -2.27. The van der Waals surface area contributed by atoms with Crippen molar-refractivity contribution < 1.29 is 5.11 Å². The van der Waals surface area contributed by atoms with Crippen LogP contribution < -0.4 is 5.32 Å². The first kappa shape index (κ1) is 13.2. The maximum Gasteiger partial charge on any atom is 0.0964 e. The van der Waals surface area contributed by atoms with E-state index in [9.17, 15) is 0 Å². The van der Waals surface area contributed by atoms with Crippen LogP contribution in [0.3, 0.4) is 0 Å². The SMILES string of the molecule is CC(Cc1ccsc1)NCc1cn(CCO)nn1. The number of nitrogens with zero attached hydrogens (tertiary/aromatic N) is 3. The maximum atomic E-state index is 8.79. The van der Waals surface area contributed by atoms with Crippen molar-refractivity contribution in [2.45, 2.75) is 32.5 Å². The lowest BCUT2D eigenvalue weighted by Gasteiger charge is -2.11. The van der Waals surface area contributed by atoms with Gasteiger partial charge in [0.15, 0.2) is 0 Å². The number of aliphatic hydroxyl groups excluding tert-OH is 1. The molecule has 0 spiro atoms. The Labute approximate surface area is 110 Å². The molecule has 0 amide bonds. The molecule has 5 nitrogen and oxygen atoms in total. The summed E-state index contributed by atoms with van der Waals surface area (Å²) >= 11 is 1.73. The molecule has 2 rings (SSSR count). The molecule has 0 saturated carbocycles. The number of rotatable bonds is 7. The minimum Gasteiger partial charge on any atom is -0.394 e. The average Bonchev–Trinajstić information content (AvgIpc) is 2.99. The summed E-state index contributed by atoms with van der Waals surface area (Å²) in [5.41, 5.74) is 2.27. The van der Waals surface area contributed by atoms with E-state index >= 15 is 0 Å². The molecular formula is C12H18N4OS. The fraction of sp³-hybridized carbons (Fsp3) is 0.500. The van der Waals surface area contributed by atoms with Crippen molar-refractivity contribution >= 4 is 11.3 Å². The van der Waals surface area contributed by atoms with Crippen molar-refractivity contribution in [1.29, 1.82) is 0 Å². The summed E-state index contributed by atoms with van der Waals surface area (Å²) in [6.45, 7) is 3.45. The summed E-state index contributed by atoms with van der Waals surface area (Å²) in [5.74, 6) is 0. The molecule has 2 aromatic rings. The Balaban J connectivity index is 1.76. The molecule has 2 N–H and O–H groups in total. The van der Waals surface area contributed by atoms with Gasteiger partial charge in [-0.1, -0.05) is 5.21 Å². The normalized spacial score (nSPS) is 12.8.